The third-order valence-electron chi connectivity index (χ3n) is 3.33. The van der Waals surface area contributed by atoms with E-state index in [0.717, 1.165) is 11.1 Å². The van der Waals surface area contributed by atoms with Crippen LogP contribution in [0, 0.1) is 0 Å². The summed E-state index contributed by atoms with van der Waals surface area (Å²) in [6, 6.07) is 7.51. The minimum atomic E-state index is -4.20. The minimum absolute atomic E-state index is 0.378. The summed E-state index contributed by atoms with van der Waals surface area (Å²) in [6.07, 6.45) is -4.20. The molecule has 0 aliphatic carbocycles. The molecule has 2 rings (SSSR count). The second kappa shape index (κ2) is 3.48. The topological polar surface area (TPSA) is 3.24 Å². The summed E-state index contributed by atoms with van der Waals surface area (Å²) in [5.41, 5.74) is 0.228. The van der Waals surface area contributed by atoms with Crippen LogP contribution >= 0.6 is 0 Å². The monoisotopic (exact) mass is 229 g/mol. The van der Waals surface area contributed by atoms with Gasteiger partial charge in [-0.3, -0.25) is 4.90 Å². The quantitative estimate of drug-likeness (QED) is 0.713. The van der Waals surface area contributed by atoms with Crippen molar-refractivity contribution in [2.24, 2.45) is 0 Å². The van der Waals surface area contributed by atoms with E-state index in [9.17, 15) is 13.2 Å². The van der Waals surface area contributed by atoms with Gasteiger partial charge in [0.05, 0.1) is 0 Å². The number of alkyl halides is 3. The first-order chi connectivity index (χ1) is 7.32. The Labute approximate surface area is 92.9 Å². The largest absolute Gasteiger partial charge is 0.406 e. The van der Waals surface area contributed by atoms with Crippen molar-refractivity contribution in [1.82, 2.24) is 4.90 Å². The van der Waals surface area contributed by atoms with E-state index >= 15 is 0 Å². The molecule has 0 unspecified atom stereocenters. The van der Waals surface area contributed by atoms with E-state index in [1.54, 1.807) is 0 Å². The lowest BCUT2D eigenvalue weighted by molar-refractivity contribution is -0.222. The molecule has 0 saturated heterocycles. The second-order valence-corrected chi connectivity index (χ2v) is 4.68. The minimum Gasteiger partial charge on any atom is -0.282 e. The lowest BCUT2D eigenvalue weighted by Gasteiger charge is -2.36. The molecule has 0 fully saturated rings. The van der Waals surface area contributed by atoms with Crippen molar-refractivity contribution in [2.75, 3.05) is 0 Å². The Bertz CT molecular complexity index is 370. The summed E-state index contributed by atoms with van der Waals surface area (Å²) in [4.78, 5) is 1.47. The van der Waals surface area contributed by atoms with Gasteiger partial charge in [-0.15, -0.1) is 0 Å². The predicted molar refractivity (Wildman–Crippen MR) is 55.8 cm³/mol. The number of nitrogens with zero attached hydrogens (tertiary/aromatic N) is 1. The van der Waals surface area contributed by atoms with E-state index in [-0.39, 0.29) is 0 Å². The van der Waals surface area contributed by atoms with Crippen LogP contribution in [0.5, 0.6) is 0 Å². The van der Waals surface area contributed by atoms with Crippen LogP contribution in [0.1, 0.15) is 25.0 Å². The third-order valence-corrected chi connectivity index (χ3v) is 3.33. The number of hydrogen-bond acceptors (Lipinski definition) is 1. The van der Waals surface area contributed by atoms with E-state index in [0.29, 0.717) is 13.1 Å². The van der Waals surface area contributed by atoms with Gasteiger partial charge in [-0.05, 0) is 25.0 Å². The molecule has 88 valence electrons. The fourth-order valence-corrected chi connectivity index (χ4v) is 1.91. The van der Waals surface area contributed by atoms with E-state index < -0.39 is 11.7 Å². The smallest absolute Gasteiger partial charge is 0.282 e. The van der Waals surface area contributed by atoms with Gasteiger partial charge in [0.25, 0.3) is 0 Å². The van der Waals surface area contributed by atoms with Crippen LogP contribution in [0.2, 0.25) is 0 Å². The van der Waals surface area contributed by atoms with Crippen LogP contribution in [0.15, 0.2) is 24.3 Å². The maximum Gasteiger partial charge on any atom is 0.406 e. The zero-order valence-electron chi connectivity index (χ0n) is 9.30. The molecule has 0 radical (unpaired) electrons. The van der Waals surface area contributed by atoms with Crippen LogP contribution in [-0.4, -0.2) is 16.6 Å². The zero-order valence-corrected chi connectivity index (χ0v) is 9.30. The lowest BCUT2D eigenvalue weighted by atomic mass is 10.0. The van der Waals surface area contributed by atoms with E-state index in [1.807, 2.05) is 24.3 Å². The highest BCUT2D eigenvalue weighted by Gasteiger charge is 2.52. The van der Waals surface area contributed by atoms with E-state index in [4.69, 9.17) is 0 Å². The molecule has 1 aliphatic heterocycles. The maximum atomic E-state index is 12.9. The molecule has 0 aromatic heterocycles. The highest BCUT2D eigenvalue weighted by atomic mass is 19.4. The van der Waals surface area contributed by atoms with Gasteiger partial charge in [0.1, 0.15) is 5.54 Å². The van der Waals surface area contributed by atoms with Crippen LogP contribution < -0.4 is 0 Å². The summed E-state index contributed by atoms with van der Waals surface area (Å²) < 4.78 is 38.6. The number of fused-ring (bicyclic) bond motifs is 1. The van der Waals surface area contributed by atoms with Crippen molar-refractivity contribution in [3.8, 4) is 0 Å². The van der Waals surface area contributed by atoms with Crippen molar-refractivity contribution >= 4 is 0 Å². The maximum absolute atomic E-state index is 12.9. The first kappa shape index (κ1) is 11.5. The molecule has 1 nitrogen and oxygen atoms in total. The van der Waals surface area contributed by atoms with Gasteiger partial charge in [0.2, 0.25) is 0 Å². The Morgan fingerprint density at radius 2 is 1.44 bits per heavy atom. The fourth-order valence-electron chi connectivity index (χ4n) is 1.91. The summed E-state index contributed by atoms with van der Waals surface area (Å²) in [5.74, 6) is 0. The summed E-state index contributed by atoms with van der Waals surface area (Å²) >= 11 is 0. The molecule has 0 bridgehead atoms. The summed E-state index contributed by atoms with van der Waals surface area (Å²) in [6.45, 7) is 3.23. The Balaban J connectivity index is 2.24. The van der Waals surface area contributed by atoms with Gasteiger partial charge < -0.3 is 0 Å². The Morgan fingerprint density at radius 1 is 1.00 bits per heavy atom. The Hall–Kier alpha value is -1.03. The Morgan fingerprint density at radius 3 is 1.81 bits per heavy atom. The normalized spacial score (nSPS) is 17.6. The van der Waals surface area contributed by atoms with Gasteiger partial charge in [-0.25, -0.2) is 0 Å². The molecular weight excluding hydrogens is 215 g/mol. The molecule has 0 atom stereocenters. The molecule has 0 saturated carbocycles. The number of hydrogen-bond donors (Lipinski definition) is 0. The summed E-state index contributed by atoms with van der Waals surface area (Å²) in [7, 11) is 0. The second-order valence-electron chi connectivity index (χ2n) is 4.68. The van der Waals surface area contributed by atoms with Crippen molar-refractivity contribution in [3.63, 3.8) is 0 Å². The van der Waals surface area contributed by atoms with Crippen molar-refractivity contribution in [1.29, 1.82) is 0 Å². The molecule has 1 aromatic rings. The van der Waals surface area contributed by atoms with Crippen molar-refractivity contribution < 1.29 is 13.2 Å². The molecule has 0 amide bonds. The van der Waals surface area contributed by atoms with Gasteiger partial charge in [0.15, 0.2) is 0 Å². The predicted octanol–water partition coefficient (Wildman–Crippen LogP) is 3.34. The molecule has 1 aromatic carbocycles. The van der Waals surface area contributed by atoms with Crippen LogP contribution in [0.25, 0.3) is 0 Å². The first-order valence-electron chi connectivity index (χ1n) is 5.21. The number of benzene rings is 1. The van der Waals surface area contributed by atoms with Crippen molar-refractivity contribution in [2.45, 2.75) is 38.7 Å². The Kier molecular flexibility index (Phi) is 2.49. The SMILES string of the molecule is CC(C)(N1Cc2ccccc2C1)C(F)(F)F. The third kappa shape index (κ3) is 1.71. The molecule has 4 heteroatoms. The van der Waals surface area contributed by atoms with Crippen LogP contribution in [-0.2, 0) is 13.1 Å². The van der Waals surface area contributed by atoms with Gasteiger partial charge in [-0.2, -0.15) is 13.2 Å². The number of rotatable bonds is 1. The molecule has 0 spiro atoms. The molecule has 16 heavy (non-hydrogen) atoms. The van der Waals surface area contributed by atoms with Crippen LogP contribution in [0.3, 0.4) is 0 Å². The van der Waals surface area contributed by atoms with Crippen LogP contribution in [0.4, 0.5) is 13.2 Å². The highest BCUT2D eigenvalue weighted by molar-refractivity contribution is 5.31. The lowest BCUT2D eigenvalue weighted by Crippen LogP contribution is -2.52. The van der Waals surface area contributed by atoms with Gasteiger partial charge in [0, 0.05) is 13.1 Å². The molecule has 0 N–H and O–H groups in total. The molecular formula is C12H14F3N. The van der Waals surface area contributed by atoms with E-state index in [2.05, 4.69) is 0 Å². The molecule has 1 heterocycles. The average Bonchev–Trinajstić information content (AvgIpc) is 2.59. The number of halogens is 3. The van der Waals surface area contributed by atoms with E-state index in [1.165, 1.54) is 18.7 Å². The van der Waals surface area contributed by atoms with Gasteiger partial charge >= 0.3 is 6.18 Å². The highest BCUT2D eigenvalue weighted by Crippen LogP contribution is 2.39. The standard InChI is InChI=1S/C12H14F3N/c1-11(2,12(13,14)15)16-7-9-5-3-4-6-10(9)8-16/h3-6H,7-8H2,1-2H3. The average molecular weight is 229 g/mol. The molecule has 1 aliphatic rings. The van der Waals surface area contributed by atoms with Gasteiger partial charge in [-0.1, -0.05) is 24.3 Å². The zero-order chi connectivity index (χ0) is 12.0. The summed E-state index contributed by atoms with van der Waals surface area (Å²) in [5, 5.41) is 0. The first-order valence-corrected chi connectivity index (χ1v) is 5.21. The fraction of sp³-hybridized carbons (Fsp3) is 0.500. The van der Waals surface area contributed by atoms with Crippen molar-refractivity contribution in [3.05, 3.63) is 35.4 Å².